The van der Waals surface area contributed by atoms with Crippen LogP contribution in [0.3, 0.4) is 0 Å². The van der Waals surface area contributed by atoms with Crippen LogP contribution in [0.1, 0.15) is 57.4 Å². The van der Waals surface area contributed by atoms with Crippen LogP contribution in [-0.2, 0) is 20.4 Å². The normalized spacial score (nSPS) is 24.0. The quantitative estimate of drug-likeness (QED) is 0.770. The van der Waals surface area contributed by atoms with Gasteiger partial charge in [0.05, 0.1) is 11.0 Å². The number of carbonyl (C=O) groups is 1. The zero-order chi connectivity index (χ0) is 18.6. The van der Waals surface area contributed by atoms with Crippen LogP contribution in [0.5, 0.6) is 0 Å². The second-order valence-electron chi connectivity index (χ2n) is 7.83. The van der Waals surface area contributed by atoms with E-state index in [9.17, 15) is 13.2 Å². The van der Waals surface area contributed by atoms with Gasteiger partial charge in [0.2, 0.25) is 5.91 Å². The first-order valence-corrected chi connectivity index (χ1v) is 11.5. The van der Waals surface area contributed by atoms with Crippen molar-refractivity contribution in [3.63, 3.8) is 0 Å². The number of sulfone groups is 1. The molecule has 2 aliphatic rings. The fourth-order valence-corrected chi connectivity index (χ4v) is 6.06. The zero-order valence-corrected chi connectivity index (χ0v) is 17.6. The molecular weight excluding hydrogens is 384 g/mol. The van der Waals surface area contributed by atoms with Gasteiger partial charge in [-0.2, -0.15) is 0 Å². The largest absolute Gasteiger partial charge is 0.326 e. The summed E-state index contributed by atoms with van der Waals surface area (Å²) in [5.41, 5.74) is 1.45. The number of benzene rings is 1. The lowest BCUT2D eigenvalue weighted by Crippen LogP contribution is -2.40. The van der Waals surface area contributed by atoms with Crippen molar-refractivity contribution in [2.24, 2.45) is 5.92 Å². The number of halogens is 1. The van der Waals surface area contributed by atoms with E-state index in [4.69, 9.17) is 0 Å². The van der Waals surface area contributed by atoms with Crippen LogP contribution in [0.25, 0.3) is 0 Å². The van der Waals surface area contributed by atoms with Crippen LogP contribution in [0.4, 0.5) is 5.69 Å². The predicted octanol–water partition coefficient (Wildman–Crippen LogP) is 3.68. The van der Waals surface area contributed by atoms with Gasteiger partial charge < -0.3 is 10.6 Å². The number of rotatable bonds is 5. The van der Waals surface area contributed by atoms with Gasteiger partial charge in [0.1, 0.15) is 0 Å². The Labute approximate surface area is 169 Å². The highest BCUT2D eigenvalue weighted by molar-refractivity contribution is 7.91. The first-order chi connectivity index (χ1) is 12.4. The fourth-order valence-electron chi connectivity index (χ4n) is 4.13. The van der Waals surface area contributed by atoms with E-state index < -0.39 is 9.84 Å². The minimum absolute atomic E-state index is 0. The smallest absolute Gasteiger partial charge is 0.227 e. The molecule has 0 radical (unpaired) electrons. The fraction of sp³-hybridized carbons (Fsp3) is 0.650. The van der Waals surface area contributed by atoms with E-state index in [-0.39, 0.29) is 35.2 Å². The lowest BCUT2D eigenvalue weighted by molar-refractivity contribution is -0.120. The van der Waals surface area contributed by atoms with E-state index in [1.807, 2.05) is 24.3 Å². The summed E-state index contributed by atoms with van der Waals surface area (Å²) in [6.45, 7) is 2.95. The molecular formula is C20H31ClN2O3S. The number of piperidine rings is 1. The third-order valence-corrected chi connectivity index (χ3v) is 7.84. The van der Waals surface area contributed by atoms with Crippen molar-refractivity contribution < 1.29 is 13.2 Å². The Morgan fingerprint density at radius 3 is 2.63 bits per heavy atom. The molecule has 0 spiro atoms. The van der Waals surface area contributed by atoms with Gasteiger partial charge in [-0.1, -0.05) is 31.4 Å². The average Bonchev–Trinajstić information content (AvgIpc) is 2.62. The molecule has 0 aromatic heterocycles. The number of carbonyl (C=O) groups excluding carboxylic acids is 1. The summed E-state index contributed by atoms with van der Waals surface area (Å²) < 4.78 is 25.4. The van der Waals surface area contributed by atoms with Crippen molar-refractivity contribution in [3.05, 3.63) is 29.8 Å². The van der Waals surface area contributed by atoms with E-state index in [1.54, 1.807) is 0 Å². The summed E-state index contributed by atoms with van der Waals surface area (Å²) in [5, 5.41) is 6.12. The summed E-state index contributed by atoms with van der Waals surface area (Å²) in [6, 6.07) is 7.66. The monoisotopic (exact) mass is 414 g/mol. The van der Waals surface area contributed by atoms with Crippen LogP contribution in [0, 0.1) is 5.92 Å². The van der Waals surface area contributed by atoms with Crippen molar-refractivity contribution >= 4 is 33.8 Å². The molecule has 1 aromatic carbocycles. The van der Waals surface area contributed by atoms with Crippen molar-refractivity contribution in [2.45, 2.75) is 68.9 Å². The minimum atomic E-state index is -3.13. The molecule has 2 N–H and O–H groups in total. The molecule has 1 saturated heterocycles. The SMILES string of the molecule is C[C@H]1C[C@@H](C(=O)Nc2cccc(CS(=O)(=O)C3CCCCC3)c2)CCN1.Cl. The van der Waals surface area contributed by atoms with Crippen molar-refractivity contribution in [3.8, 4) is 0 Å². The zero-order valence-electron chi connectivity index (χ0n) is 15.9. The first kappa shape index (κ1) is 22.2. The maximum Gasteiger partial charge on any atom is 0.227 e. The van der Waals surface area contributed by atoms with Gasteiger partial charge in [-0.15, -0.1) is 12.4 Å². The molecule has 0 bridgehead atoms. The van der Waals surface area contributed by atoms with Gasteiger partial charge in [-0.3, -0.25) is 4.79 Å². The highest BCUT2D eigenvalue weighted by atomic mass is 35.5. The molecule has 1 aliphatic carbocycles. The molecule has 2 atom stereocenters. The molecule has 3 rings (SSSR count). The summed E-state index contributed by atoms with van der Waals surface area (Å²) in [5.74, 6) is 0.109. The van der Waals surface area contributed by atoms with Gasteiger partial charge in [-0.05, 0) is 56.8 Å². The number of amides is 1. The minimum Gasteiger partial charge on any atom is -0.326 e. The lowest BCUT2D eigenvalue weighted by Gasteiger charge is -2.27. The number of anilines is 1. The summed E-state index contributed by atoms with van der Waals surface area (Å²) in [7, 11) is -3.13. The van der Waals surface area contributed by atoms with Crippen LogP contribution in [-0.4, -0.2) is 32.2 Å². The third-order valence-electron chi connectivity index (χ3n) is 5.62. The van der Waals surface area contributed by atoms with Crippen molar-refractivity contribution in [1.29, 1.82) is 0 Å². The highest BCUT2D eigenvalue weighted by Gasteiger charge is 2.28. The van der Waals surface area contributed by atoms with E-state index >= 15 is 0 Å². The molecule has 5 nitrogen and oxygen atoms in total. The van der Waals surface area contributed by atoms with Crippen molar-refractivity contribution in [1.82, 2.24) is 5.32 Å². The van der Waals surface area contributed by atoms with Crippen molar-refractivity contribution in [2.75, 3.05) is 11.9 Å². The van der Waals surface area contributed by atoms with Crippen LogP contribution < -0.4 is 10.6 Å². The molecule has 1 saturated carbocycles. The van der Waals surface area contributed by atoms with Gasteiger partial charge in [0.25, 0.3) is 0 Å². The lowest BCUT2D eigenvalue weighted by atomic mass is 9.92. The number of nitrogens with one attached hydrogen (secondary N) is 2. The van der Waals surface area contributed by atoms with Crippen LogP contribution >= 0.6 is 12.4 Å². The summed E-state index contributed by atoms with van der Waals surface area (Å²) in [4.78, 5) is 12.5. The Bertz CT molecular complexity index is 732. The molecule has 152 valence electrons. The Hall–Kier alpha value is -1.11. The molecule has 27 heavy (non-hydrogen) atoms. The van der Waals surface area contributed by atoms with E-state index in [0.29, 0.717) is 11.7 Å². The third kappa shape index (κ3) is 6.19. The summed E-state index contributed by atoms with van der Waals surface area (Å²) >= 11 is 0. The molecule has 1 heterocycles. The summed E-state index contributed by atoms with van der Waals surface area (Å²) in [6.07, 6.45) is 6.40. The molecule has 1 aliphatic heterocycles. The Morgan fingerprint density at radius 1 is 1.19 bits per heavy atom. The maximum absolute atomic E-state index is 12.7. The van der Waals surface area contributed by atoms with E-state index in [0.717, 1.165) is 57.1 Å². The molecule has 1 amide bonds. The molecule has 2 fully saturated rings. The van der Waals surface area contributed by atoms with Gasteiger partial charge in [0.15, 0.2) is 9.84 Å². The Balaban J connectivity index is 0.00000261. The number of hydrogen-bond donors (Lipinski definition) is 2. The molecule has 0 unspecified atom stereocenters. The predicted molar refractivity (Wildman–Crippen MR) is 112 cm³/mol. The van der Waals surface area contributed by atoms with Gasteiger partial charge in [0, 0.05) is 17.6 Å². The van der Waals surface area contributed by atoms with E-state index in [2.05, 4.69) is 17.6 Å². The molecule has 1 aromatic rings. The standard InChI is InChI=1S/C20H30N2O3S.ClH/c1-15-12-17(10-11-21-15)20(23)22-18-7-5-6-16(13-18)14-26(24,25)19-8-3-2-4-9-19;/h5-7,13,15,17,19,21H,2-4,8-12,14H2,1H3,(H,22,23);1H/t15-,17-;/m0./s1. The van der Waals surface area contributed by atoms with Crippen LogP contribution in [0.2, 0.25) is 0 Å². The van der Waals surface area contributed by atoms with Gasteiger partial charge >= 0.3 is 0 Å². The second kappa shape index (κ2) is 9.89. The second-order valence-corrected chi connectivity index (χ2v) is 10.1. The van der Waals surface area contributed by atoms with Gasteiger partial charge in [-0.25, -0.2) is 8.42 Å². The Kier molecular flexibility index (Phi) is 8.13. The molecule has 7 heteroatoms. The highest BCUT2D eigenvalue weighted by Crippen LogP contribution is 2.27. The van der Waals surface area contributed by atoms with Crippen LogP contribution in [0.15, 0.2) is 24.3 Å². The number of hydrogen-bond acceptors (Lipinski definition) is 4. The first-order valence-electron chi connectivity index (χ1n) is 9.79. The Morgan fingerprint density at radius 2 is 1.93 bits per heavy atom. The maximum atomic E-state index is 12.7. The van der Waals surface area contributed by atoms with E-state index in [1.165, 1.54) is 0 Å². The topological polar surface area (TPSA) is 75.3 Å². The average molecular weight is 415 g/mol.